The summed E-state index contributed by atoms with van der Waals surface area (Å²) in [5.74, 6) is 0. The summed E-state index contributed by atoms with van der Waals surface area (Å²) in [6, 6.07) is 0.739. The van der Waals surface area contributed by atoms with Gasteiger partial charge in [0.25, 0.3) is 0 Å². The maximum Gasteiger partial charge on any atom is 0.0484 e. The van der Waals surface area contributed by atoms with E-state index in [9.17, 15) is 0 Å². The van der Waals surface area contributed by atoms with Crippen molar-refractivity contribution in [1.29, 1.82) is 0 Å². The largest absolute Gasteiger partial charge is 0.381 e. The lowest BCUT2D eigenvalue weighted by molar-refractivity contribution is 0.0383. The molecular formula is C14H29N3O. The molecule has 0 aromatic carbocycles. The molecule has 4 heteroatoms. The Bertz CT molecular complexity index is 253. The van der Waals surface area contributed by atoms with Crippen LogP contribution in [0.25, 0.3) is 0 Å². The Labute approximate surface area is 111 Å². The fourth-order valence-corrected chi connectivity index (χ4v) is 3.42. The summed E-state index contributed by atoms with van der Waals surface area (Å²) in [5.41, 5.74) is 6.44. The van der Waals surface area contributed by atoms with Gasteiger partial charge in [0, 0.05) is 37.9 Å². The third kappa shape index (κ3) is 3.67. The van der Waals surface area contributed by atoms with Crippen LogP contribution in [0.5, 0.6) is 0 Å². The number of hydrogen-bond donors (Lipinski definition) is 1. The van der Waals surface area contributed by atoms with E-state index in [1.54, 1.807) is 0 Å². The highest BCUT2D eigenvalue weighted by molar-refractivity contribution is 4.90. The van der Waals surface area contributed by atoms with E-state index in [1.807, 2.05) is 0 Å². The molecule has 2 saturated heterocycles. The predicted molar refractivity (Wildman–Crippen MR) is 74.7 cm³/mol. The van der Waals surface area contributed by atoms with Gasteiger partial charge in [0.05, 0.1) is 0 Å². The van der Waals surface area contributed by atoms with Crippen LogP contribution in [0.1, 0.15) is 32.6 Å². The Morgan fingerprint density at radius 1 is 1.39 bits per heavy atom. The number of likely N-dealkylation sites (tertiary alicyclic amines) is 1. The molecule has 0 spiro atoms. The monoisotopic (exact) mass is 255 g/mol. The van der Waals surface area contributed by atoms with Gasteiger partial charge in [-0.25, -0.2) is 0 Å². The van der Waals surface area contributed by atoms with E-state index in [0.29, 0.717) is 0 Å². The third-order valence-corrected chi connectivity index (χ3v) is 4.50. The van der Waals surface area contributed by atoms with Crippen molar-refractivity contribution in [3.8, 4) is 0 Å². The quantitative estimate of drug-likeness (QED) is 0.793. The molecule has 2 rings (SSSR count). The highest BCUT2D eigenvalue weighted by atomic mass is 16.5. The van der Waals surface area contributed by atoms with Crippen LogP contribution in [0, 0.1) is 0 Å². The summed E-state index contributed by atoms with van der Waals surface area (Å²) in [4.78, 5) is 5.04. The highest BCUT2D eigenvalue weighted by Crippen LogP contribution is 2.21. The molecule has 0 aromatic rings. The van der Waals surface area contributed by atoms with Gasteiger partial charge in [-0.1, -0.05) is 6.92 Å². The Morgan fingerprint density at radius 3 is 2.78 bits per heavy atom. The zero-order valence-corrected chi connectivity index (χ0v) is 12.0. The van der Waals surface area contributed by atoms with Gasteiger partial charge in [-0.15, -0.1) is 0 Å². The van der Waals surface area contributed by atoms with Crippen LogP contribution in [-0.4, -0.2) is 67.8 Å². The summed E-state index contributed by atoms with van der Waals surface area (Å²) in [6.45, 7) is 8.54. The lowest BCUT2D eigenvalue weighted by Crippen LogP contribution is -2.54. The second kappa shape index (κ2) is 6.33. The van der Waals surface area contributed by atoms with Gasteiger partial charge < -0.3 is 15.4 Å². The van der Waals surface area contributed by atoms with E-state index in [1.165, 1.54) is 25.9 Å². The van der Waals surface area contributed by atoms with Crippen LogP contribution >= 0.6 is 0 Å². The molecule has 4 nitrogen and oxygen atoms in total. The summed E-state index contributed by atoms with van der Waals surface area (Å²) in [6.07, 6.45) is 4.70. The SMILES string of the molecule is CCN1CCCC1CN(C)CC1(N)CCOCC1. The number of nitrogens with zero attached hydrogens (tertiary/aromatic N) is 2. The van der Waals surface area contributed by atoms with Gasteiger partial charge in [0.1, 0.15) is 0 Å². The average Bonchev–Trinajstić information content (AvgIpc) is 2.76. The minimum absolute atomic E-state index is 0.0251. The Morgan fingerprint density at radius 2 is 2.11 bits per heavy atom. The van der Waals surface area contributed by atoms with E-state index >= 15 is 0 Å². The molecule has 0 aliphatic carbocycles. The summed E-state index contributed by atoms with van der Waals surface area (Å²) < 4.78 is 5.41. The first-order valence-electron chi connectivity index (χ1n) is 7.42. The van der Waals surface area contributed by atoms with Crippen LogP contribution < -0.4 is 5.73 Å². The van der Waals surface area contributed by atoms with Crippen molar-refractivity contribution >= 4 is 0 Å². The predicted octanol–water partition coefficient (Wildman–Crippen LogP) is 0.910. The van der Waals surface area contributed by atoms with Gasteiger partial charge in [-0.2, -0.15) is 0 Å². The zero-order chi connectivity index (χ0) is 13.0. The molecular weight excluding hydrogens is 226 g/mol. The van der Waals surface area contributed by atoms with Crippen LogP contribution in [0.2, 0.25) is 0 Å². The van der Waals surface area contributed by atoms with Crippen molar-refractivity contribution in [2.75, 3.05) is 46.4 Å². The van der Waals surface area contributed by atoms with Crippen LogP contribution in [0.4, 0.5) is 0 Å². The number of hydrogen-bond acceptors (Lipinski definition) is 4. The molecule has 1 atom stereocenters. The number of likely N-dealkylation sites (N-methyl/N-ethyl adjacent to an activating group) is 2. The van der Waals surface area contributed by atoms with Gasteiger partial charge in [-0.3, -0.25) is 4.90 Å². The van der Waals surface area contributed by atoms with Crippen molar-refractivity contribution in [3.63, 3.8) is 0 Å². The van der Waals surface area contributed by atoms with E-state index in [0.717, 1.165) is 45.2 Å². The van der Waals surface area contributed by atoms with E-state index < -0.39 is 0 Å². The molecule has 2 heterocycles. The summed E-state index contributed by atoms with van der Waals surface area (Å²) >= 11 is 0. The van der Waals surface area contributed by atoms with E-state index in [2.05, 4.69) is 23.8 Å². The van der Waals surface area contributed by atoms with Gasteiger partial charge in [0.15, 0.2) is 0 Å². The lowest BCUT2D eigenvalue weighted by Gasteiger charge is -2.38. The molecule has 0 saturated carbocycles. The van der Waals surface area contributed by atoms with E-state index in [4.69, 9.17) is 10.5 Å². The van der Waals surface area contributed by atoms with E-state index in [-0.39, 0.29) is 5.54 Å². The van der Waals surface area contributed by atoms with Crippen LogP contribution in [-0.2, 0) is 4.74 Å². The van der Waals surface area contributed by atoms with Crippen molar-refractivity contribution in [3.05, 3.63) is 0 Å². The number of ether oxygens (including phenoxy) is 1. The normalized spacial score (nSPS) is 29.0. The van der Waals surface area contributed by atoms with Crippen LogP contribution in [0.3, 0.4) is 0 Å². The Hall–Kier alpha value is -0.160. The molecule has 0 radical (unpaired) electrons. The average molecular weight is 255 g/mol. The minimum atomic E-state index is -0.0251. The smallest absolute Gasteiger partial charge is 0.0484 e. The fourth-order valence-electron chi connectivity index (χ4n) is 3.42. The minimum Gasteiger partial charge on any atom is -0.381 e. The van der Waals surface area contributed by atoms with Gasteiger partial charge in [-0.05, 0) is 45.8 Å². The lowest BCUT2D eigenvalue weighted by atomic mass is 9.90. The molecule has 2 aliphatic heterocycles. The topological polar surface area (TPSA) is 41.7 Å². The third-order valence-electron chi connectivity index (χ3n) is 4.50. The molecule has 2 aliphatic rings. The standard InChI is InChI=1S/C14H29N3O/c1-3-17-8-4-5-13(17)11-16(2)12-14(15)6-9-18-10-7-14/h13H,3-12,15H2,1-2H3. The van der Waals surface area contributed by atoms with Crippen molar-refractivity contribution in [2.24, 2.45) is 5.73 Å². The number of nitrogens with two attached hydrogens (primary N) is 1. The molecule has 106 valence electrons. The Kier molecular flexibility index (Phi) is 5.01. The molecule has 18 heavy (non-hydrogen) atoms. The molecule has 1 unspecified atom stereocenters. The zero-order valence-electron chi connectivity index (χ0n) is 12.0. The van der Waals surface area contributed by atoms with Crippen LogP contribution in [0.15, 0.2) is 0 Å². The second-order valence-electron chi connectivity index (χ2n) is 6.10. The molecule has 0 bridgehead atoms. The van der Waals surface area contributed by atoms with Crippen molar-refractivity contribution in [2.45, 2.75) is 44.2 Å². The maximum absolute atomic E-state index is 6.47. The number of rotatable bonds is 5. The Balaban J connectivity index is 1.78. The van der Waals surface area contributed by atoms with Gasteiger partial charge >= 0.3 is 0 Å². The summed E-state index contributed by atoms with van der Waals surface area (Å²) in [7, 11) is 2.22. The molecule has 0 amide bonds. The maximum atomic E-state index is 6.47. The molecule has 0 aromatic heterocycles. The summed E-state index contributed by atoms with van der Waals surface area (Å²) in [5, 5.41) is 0. The first-order chi connectivity index (χ1) is 8.63. The molecule has 2 fully saturated rings. The second-order valence-corrected chi connectivity index (χ2v) is 6.10. The first kappa shape index (κ1) is 14.3. The van der Waals surface area contributed by atoms with Crippen molar-refractivity contribution < 1.29 is 4.74 Å². The fraction of sp³-hybridized carbons (Fsp3) is 1.00. The molecule has 2 N–H and O–H groups in total. The van der Waals surface area contributed by atoms with Crippen molar-refractivity contribution in [1.82, 2.24) is 9.80 Å². The highest BCUT2D eigenvalue weighted by Gasteiger charge is 2.31. The van der Waals surface area contributed by atoms with Gasteiger partial charge in [0.2, 0.25) is 0 Å². The first-order valence-corrected chi connectivity index (χ1v) is 7.42.